The molecule has 1 saturated heterocycles. The Hall–Kier alpha value is -2.61. The first-order chi connectivity index (χ1) is 12.3. The maximum Gasteiger partial charge on any atom is 0.255 e. The smallest absolute Gasteiger partial charge is 0.255 e. The summed E-state index contributed by atoms with van der Waals surface area (Å²) in [5.41, 5.74) is 2.21. The number of rotatable bonds is 5. The fraction of sp³-hybridized carbons (Fsp3) is 0.333. The van der Waals surface area contributed by atoms with E-state index >= 15 is 0 Å². The molecule has 1 aliphatic rings. The number of carbonyl (C=O) groups excluding carboxylic acids is 1. The van der Waals surface area contributed by atoms with E-state index in [-0.39, 0.29) is 23.5 Å². The second kappa shape index (κ2) is 7.33. The lowest BCUT2D eigenvalue weighted by atomic mass is 10.2. The molecular formula is C18H22N4O3S. The van der Waals surface area contributed by atoms with Crippen molar-refractivity contribution in [1.82, 2.24) is 4.98 Å². The second-order valence-electron chi connectivity index (χ2n) is 6.57. The number of amides is 1. The van der Waals surface area contributed by atoms with Gasteiger partial charge in [0, 0.05) is 43.3 Å². The molecule has 1 aromatic heterocycles. The van der Waals surface area contributed by atoms with Gasteiger partial charge >= 0.3 is 0 Å². The van der Waals surface area contributed by atoms with Crippen molar-refractivity contribution in [3.05, 3.63) is 48.2 Å². The molecule has 0 aliphatic carbocycles. The van der Waals surface area contributed by atoms with Crippen molar-refractivity contribution in [3.8, 4) is 0 Å². The van der Waals surface area contributed by atoms with E-state index in [2.05, 4.69) is 15.6 Å². The van der Waals surface area contributed by atoms with E-state index in [4.69, 9.17) is 0 Å². The van der Waals surface area contributed by atoms with Crippen LogP contribution in [0.25, 0.3) is 0 Å². The van der Waals surface area contributed by atoms with Gasteiger partial charge in [-0.25, -0.2) is 13.4 Å². The second-order valence-corrected chi connectivity index (χ2v) is 8.80. The highest BCUT2D eigenvalue weighted by atomic mass is 32.2. The maximum absolute atomic E-state index is 12.5. The van der Waals surface area contributed by atoms with Gasteiger partial charge in [-0.3, -0.25) is 4.79 Å². The average Bonchev–Trinajstić information content (AvgIpc) is 2.94. The van der Waals surface area contributed by atoms with Crippen molar-refractivity contribution in [1.29, 1.82) is 0 Å². The minimum atomic E-state index is -2.97. The van der Waals surface area contributed by atoms with Crippen LogP contribution >= 0.6 is 0 Å². The van der Waals surface area contributed by atoms with E-state index in [9.17, 15) is 13.2 Å². The molecule has 0 bridgehead atoms. The van der Waals surface area contributed by atoms with Crippen LogP contribution in [0.1, 0.15) is 16.8 Å². The number of nitrogens with zero attached hydrogens (tertiary/aromatic N) is 2. The summed E-state index contributed by atoms with van der Waals surface area (Å²) in [6.45, 7) is 0. The number of aromatic nitrogens is 1. The topological polar surface area (TPSA) is 91.4 Å². The number of pyridine rings is 1. The van der Waals surface area contributed by atoms with Gasteiger partial charge in [0.25, 0.3) is 5.91 Å². The van der Waals surface area contributed by atoms with Gasteiger partial charge in [-0.1, -0.05) is 0 Å². The normalized spacial score (nSPS) is 18.3. The summed E-state index contributed by atoms with van der Waals surface area (Å²) in [6.07, 6.45) is 2.09. The zero-order chi connectivity index (χ0) is 18.7. The largest absolute Gasteiger partial charge is 0.378 e. The van der Waals surface area contributed by atoms with E-state index in [1.54, 1.807) is 12.1 Å². The van der Waals surface area contributed by atoms with Crippen molar-refractivity contribution < 1.29 is 13.2 Å². The van der Waals surface area contributed by atoms with Gasteiger partial charge in [0.2, 0.25) is 0 Å². The predicted molar refractivity (Wildman–Crippen MR) is 104 cm³/mol. The Kier molecular flexibility index (Phi) is 5.13. The van der Waals surface area contributed by atoms with Crippen LogP contribution in [0.2, 0.25) is 0 Å². The average molecular weight is 374 g/mol. The summed E-state index contributed by atoms with van der Waals surface area (Å²) in [7, 11) is 0.941. The highest BCUT2D eigenvalue weighted by Gasteiger charge is 2.28. The Bertz CT molecular complexity index is 895. The standard InChI is InChI=1S/C18H22N4O3S/c1-22(2)16-5-3-14(4-6-16)21-18(23)13-7-9-19-17(11-13)20-15-8-10-26(24,25)12-15/h3-7,9,11,15H,8,10,12H2,1-2H3,(H,19,20)(H,21,23). The van der Waals surface area contributed by atoms with Crippen molar-refractivity contribution in [3.63, 3.8) is 0 Å². The molecule has 8 heteroatoms. The molecule has 0 radical (unpaired) electrons. The molecule has 2 aromatic rings. The summed E-state index contributed by atoms with van der Waals surface area (Å²) in [5, 5.41) is 5.95. The van der Waals surface area contributed by atoms with Gasteiger partial charge in [-0.2, -0.15) is 0 Å². The molecule has 1 aromatic carbocycles. The van der Waals surface area contributed by atoms with Gasteiger partial charge in [-0.05, 0) is 42.8 Å². The van der Waals surface area contributed by atoms with Crippen LogP contribution in [0.3, 0.4) is 0 Å². The molecule has 1 aliphatic heterocycles. The number of hydrogen-bond donors (Lipinski definition) is 2. The van der Waals surface area contributed by atoms with Crippen LogP contribution in [-0.2, 0) is 9.84 Å². The van der Waals surface area contributed by atoms with Crippen LogP contribution in [0, 0.1) is 0 Å². The quantitative estimate of drug-likeness (QED) is 0.832. The Morgan fingerprint density at radius 3 is 2.54 bits per heavy atom. The number of anilines is 3. The van der Waals surface area contributed by atoms with E-state index < -0.39 is 9.84 Å². The Balaban J connectivity index is 1.66. The molecule has 2 N–H and O–H groups in total. The summed E-state index contributed by atoms with van der Waals surface area (Å²) < 4.78 is 23.1. The number of carbonyl (C=O) groups is 1. The zero-order valence-electron chi connectivity index (χ0n) is 14.8. The molecular weight excluding hydrogens is 352 g/mol. The monoisotopic (exact) mass is 374 g/mol. The molecule has 1 amide bonds. The lowest BCUT2D eigenvalue weighted by Crippen LogP contribution is -2.21. The number of hydrogen-bond acceptors (Lipinski definition) is 6. The van der Waals surface area contributed by atoms with Gasteiger partial charge in [-0.15, -0.1) is 0 Å². The van der Waals surface area contributed by atoms with Gasteiger partial charge in [0.05, 0.1) is 11.5 Å². The predicted octanol–water partition coefficient (Wildman–Crippen LogP) is 2.00. The van der Waals surface area contributed by atoms with Crippen molar-refractivity contribution in [2.45, 2.75) is 12.5 Å². The zero-order valence-corrected chi connectivity index (χ0v) is 15.6. The molecule has 138 valence electrons. The van der Waals surface area contributed by atoms with Crippen LogP contribution in [0.4, 0.5) is 17.2 Å². The molecule has 0 saturated carbocycles. The first kappa shape index (κ1) is 18.2. The summed E-state index contributed by atoms with van der Waals surface area (Å²) in [4.78, 5) is 18.6. The molecule has 3 rings (SSSR count). The van der Waals surface area contributed by atoms with E-state index in [1.807, 2.05) is 43.3 Å². The summed E-state index contributed by atoms with van der Waals surface area (Å²) in [5.74, 6) is 0.548. The van der Waals surface area contributed by atoms with Crippen LogP contribution < -0.4 is 15.5 Å². The van der Waals surface area contributed by atoms with Gasteiger partial charge in [0.1, 0.15) is 5.82 Å². The lowest BCUT2D eigenvalue weighted by molar-refractivity contribution is 0.102. The highest BCUT2D eigenvalue weighted by Crippen LogP contribution is 2.19. The molecule has 1 atom stereocenters. The lowest BCUT2D eigenvalue weighted by Gasteiger charge is -2.14. The first-order valence-corrected chi connectivity index (χ1v) is 10.2. The fourth-order valence-corrected chi connectivity index (χ4v) is 4.49. The minimum Gasteiger partial charge on any atom is -0.378 e. The molecule has 2 heterocycles. The number of nitrogens with one attached hydrogen (secondary N) is 2. The molecule has 0 spiro atoms. The maximum atomic E-state index is 12.5. The van der Waals surface area contributed by atoms with Crippen LogP contribution in [-0.4, -0.2) is 51.0 Å². The number of benzene rings is 1. The van der Waals surface area contributed by atoms with Crippen molar-refractivity contribution in [2.75, 3.05) is 41.1 Å². The summed E-state index contributed by atoms with van der Waals surface area (Å²) in [6, 6.07) is 10.6. The van der Waals surface area contributed by atoms with Crippen molar-refractivity contribution in [2.24, 2.45) is 0 Å². The third-order valence-electron chi connectivity index (χ3n) is 4.25. The van der Waals surface area contributed by atoms with Crippen LogP contribution in [0.15, 0.2) is 42.6 Å². The van der Waals surface area contributed by atoms with E-state index in [0.717, 1.165) is 5.69 Å². The Morgan fingerprint density at radius 1 is 1.19 bits per heavy atom. The van der Waals surface area contributed by atoms with Crippen molar-refractivity contribution >= 4 is 32.9 Å². The molecule has 1 fully saturated rings. The van der Waals surface area contributed by atoms with Gasteiger partial charge in [0.15, 0.2) is 9.84 Å². The van der Waals surface area contributed by atoms with E-state index in [0.29, 0.717) is 23.5 Å². The molecule has 1 unspecified atom stereocenters. The molecule has 7 nitrogen and oxygen atoms in total. The third-order valence-corrected chi connectivity index (χ3v) is 6.02. The Morgan fingerprint density at radius 2 is 1.92 bits per heavy atom. The Labute approximate surface area is 153 Å². The highest BCUT2D eigenvalue weighted by molar-refractivity contribution is 7.91. The molecule has 26 heavy (non-hydrogen) atoms. The van der Waals surface area contributed by atoms with Gasteiger partial charge < -0.3 is 15.5 Å². The number of sulfone groups is 1. The fourth-order valence-electron chi connectivity index (χ4n) is 2.81. The third kappa shape index (κ3) is 4.51. The SMILES string of the molecule is CN(C)c1ccc(NC(=O)c2ccnc(NC3CCS(=O)(=O)C3)c2)cc1. The van der Waals surface area contributed by atoms with E-state index in [1.165, 1.54) is 6.20 Å². The van der Waals surface area contributed by atoms with Crippen LogP contribution in [0.5, 0.6) is 0 Å². The minimum absolute atomic E-state index is 0.101. The summed E-state index contributed by atoms with van der Waals surface area (Å²) >= 11 is 0. The first-order valence-electron chi connectivity index (χ1n) is 8.34.